The monoisotopic (exact) mass is 314 g/mol. The lowest BCUT2D eigenvalue weighted by molar-refractivity contribution is 0.472. The van der Waals surface area contributed by atoms with Crippen molar-refractivity contribution in [2.45, 2.75) is 44.5 Å². The number of nitrogens with zero attached hydrogens (tertiary/aromatic N) is 2. The number of hydrogen-bond acceptors (Lipinski definition) is 1. The van der Waals surface area contributed by atoms with Gasteiger partial charge in [-0.05, 0) is 32.3 Å². The third kappa shape index (κ3) is 2.53. The van der Waals surface area contributed by atoms with Gasteiger partial charge in [0.25, 0.3) is 0 Å². The average Bonchev–Trinajstić information content (AvgIpc) is 3.10. The zero-order valence-corrected chi connectivity index (χ0v) is 13.0. The number of benzene rings is 1. The third-order valence-corrected chi connectivity index (χ3v) is 4.41. The van der Waals surface area contributed by atoms with Crippen LogP contribution in [0, 0.1) is 11.7 Å². The first-order valence-corrected chi connectivity index (χ1v) is 7.79. The molecule has 0 aliphatic heterocycles. The van der Waals surface area contributed by atoms with Crippen LogP contribution in [-0.4, -0.2) is 9.55 Å². The van der Waals surface area contributed by atoms with E-state index in [0.29, 0.717) is 11.6 Å². The minimum atomic E-state index is -0.438. The highest BCUT2D eigenvalue weighted by Gasteiger charge is 2.27. The molecule has 3 rings (SSSR count). The van der Waals surface area contributed by atoms with E-state index < -0.39 is 5.82 Å². The molecular weight excluding hydrogens is 298 g/mol. The Bertz CT molecular complexity index is 647. The van der Waals surface area contributed by atoms with Crippen LogP contribution in [0.2, 0.25) is 5.02 Å². The highest BCUT2D eigenvalue weighted by atomic mass is 35.5. The Morgan fingerprint density at radius 2 is 2.10 bits per heavy atom. The first kappa shape index (κ1) is 14.2. The molecular formula is C15H17Cl2FN2. The highest BCUT2D eigenvalue weighted by molar-refractivity contribution is 6.31. The molecule has 2 atom stereocenters. The summed E-state index contributed by atoms with van der Waals surface area (Å²) in [5.74, 6) is 1.15. The van der Waals surface area contributed by atoms with Crippen molar-refractivity contribution in [3.05, 3.63) is 28.8 Å². The number of aromatic nitrogens is 2. The topological polar surface area (TPSA) is 17.8 Å². The lowest BCUT2D eigenvalue weighted by Gasteiger charge is -2.18. The summed E-state index contributed by atoms with van der Waals surface area (Å²) in [5, 5.41) is -0.0862. The molecule has 0 amide bonds. The molecule has 0 radical (unpaired) electrons. The maximum absolute atomic E-state index is 13.6. The predicted molar refractivity (Wildman–Crippen MR) is 81.0 cm³/mol. The summed E-state index contributed by atoms with van der Waals surface area (Å²) in [5.41, 5.74) is 1.49. The van der Waals surface area contributed by atoms with E-state index in [1.165, 1.54) is 18.9 Å². The van der Waals surface area contributed by atoms with Gasteiger partial charge in [0.05, 0.1) is 21.4 Å². The molecule has 108 valence electrons. The van der Waals surface area contributed by atoms with Crippen LogP contribution in [0.4, 0.5) is 4.39 Å². The van der Waals surface area contributed by atoms with E-state index in [1.807, 2.05) is 6.92 Å². The van der Waals surface area contributed by atoms with Crippen molar-refractivity contribution in [2.24, 2.45) is 5.92 Å². The van der Waals surface area contributed by atoms with E-state index in [1.54, 1.807) is 6.07 Å². The maximum Gasteiger partial charge on any atom is 0.144 e. The molecule has 2 unspecified atom stereocenters. The standard InChI is InChI=1S/C15H17Cl2FN2/c1-8(5-10-3-4-10)20-14-6-11(17)12(18)7-13(14)19-15(20)9(2)16/h6-10H,3-5H2,1-2H3. The van der Waals surface area contributed by atoms with Crippen molar-refractivity contribution in [3.63, 3.8) is 0 Å². The number of halogens is 3. The Balaban J connectivity index is 2.14. The van der Waals surface area contributed by atoms with Crippen LogP contribution in [0.3, 0.4) is 0 Å². The molecule has 1 heterocycles. The Kier molecular flexibility index (Phi) is 3.67. The molecule has 20 heavy (non-hydrogen) atoms. The van der Waals surface area contributed by atoms with E-state index in [-0.39, 0.29) is 10.4 Å². The van der Waals surface area contributed by atoms with Gasteiger partial charge in [-0.15, -0.1) is 11.6 Å². The smallest absolute Gasteiger partial charge is 0.144 e. The van der Waals surface area contributed by atoms with E-state index in [2.05, 4.69) is 16.5 Å². The number of imidazole rings is 1. The van der Waals surface area contributed by atoms with Crippen LogP contribution in [0.25, 0.3) is 11.0 Å². The molecule has 1 aromatic heterocycles. The summed E-state index contributed by atoms with van der Waals surface area (Å²) in [6.45, 7) is 4.06. The van der Waals surface area contributed by atoms with Gasteiger partial charge in [-0.2, -0.15) is 0 Å². The van der Waals surface area contributed by atoms with Crippen LogP contribution in [0.1, 0.15) is 50.4 Å². The van der Waals surface area contributed by atoms with Gasteiger partial charge in [-0.3, -0.25) is 0 Å². The van der Waals surface area contributed by atoms with E-state index in [4.69, 9.17) is 23.2 Å². The minimum Gasteiger partial charge on any atom is -0.324 e. The van der Waals surface area contributed by atoms with Crippen LogP contribution in [0.15, 0.2) is 12.1 Å². The zero-order valence-electron chi connectivity index (χ0n) is 11.5. The van der Waals surface area contributed by atoms with Crippen molar-refractivity contribution in [1.29, 1.82) is 0 Å². The summed E-state index contributed by atoms with van der Waals surface area (Å²) in [6.07, 6.45) is 3.72. The van der Waals surface area contributed by atoms with Gasteiger partial charge in [-0.1, -0.05) is 24.4 Å². The fourth-order valence-electron chi connectivity index (χ4n) is 2.79. The Labute approximate surface area is 127 Å². The summed E-state index contributed by atoms with van der Waals surface area (Å²) in [6, 6.07) is 3.34. The summed E-state index contributed by atoms with van der Waals surface area (Å²) in [4.78, 5) is 4.50. The Hall–Kier alpha value is -0.800. The van der Waals surface area contributed by atoms with Gasteiger partial charge in [0.15, 0.2) is 0 Å². The van der Waals surface area contributed by atoms with Crippen LogP contribution in [0.5, 0.6) is 0 Å². The van der Waals surface area contributed by atoms with E-state index >= 15 is 0 Å². The molecule has 5 heteroatoms. The normalized spacial score (nSPS) is 18.4. The van der Waals surface area contributed by atoms with Crippen molar-refractivity contribution < 1.29 is 4.39 Å². The molecule has 1 fully saturated rings. The van der Waals surface area contributed by atoms with Crippen molar-refractivity contribution in [1.82, 2.24) is 9.55 Å². The second-order valence-electron chi connectivity index (χ2n) is 5.74. The Morgan fingerprint density at radius 3 is 2.70 bits per heavy atom. The lowest BCUT2D eigenvalue weighted by Crippen LogP contribution is -2.10. The minimum absolute atomic E-state index is 0.131. The zero-order chi connectivity index (χ0) is 14.4. The fraction of sp³-hybridized carbons (Fsp3) is 0.533. The predicted octanol–water partition coefficient (Wildman–Crippen LogP) is 5.49. The van der Waals surface area contributed by atoms with Crippen molar-refractivity contribution >= 4 is 34.2 Å². The van der Waals surface area contributed by atoms with E-state index in [9.17, 15) is 4.39 Å². The molecule has 1 aromatic carbocycles. The van der Waals surface area contributed by atoms with Crippen LogP contribution < -0.4 is 0 Å². The molecule has 0 bridgehead atoms. The molecule has 0 N–H and O–H groups in total. The first-order valence-electron chi connectivity index (χ1n) is 6.98. The SMILES string of the molecule is CC(Cl)c1nc2cc(F)c(Cl)cc2n1C(C)CC1CC1. The molecule has 0 spiro atoms. The van der Waals surface area contributed by atoms with E-state index in [0.717, 1.165) is 23.7 Å². The van der Waals surface area contributed by atoms with Crippen molar-refractivity contribution in [2.75, 3.05) is 0 Å². The average molecular weight is 315 g/mol. The number of fused-ring (bicyclic) bond motifs is 1. The molecule has 1 aliphatic rings. The third-order valence-electron chi connectivity index (χ3n) is 3.93. The molecule has 2 aromatic rings. The maximum atomic E-state index is 13.6. The molecule has 1 aliphatic carbocycles. The van der Waals surface area contributed by atoms with Gasteiger partial charge < -0.3 is 4.57 Å². The Morgan fingerprint density at radius 1 is 1.40 bits per heavy atom. The first-order chi connectivity index (χ1) is 9.47. The fourth-order valence-corrected chi connectivity index (χ4v) is 3.11. The van der Waals surface area contributed by atoms with Gasteiger partial charge in [0.2, 0.25) is 0 Å². The largest absolute Gasteiger partial charge is 0.324 e. The quantitative estimate of drug-likeness (QED) is 0.682. The van der Waals surface area contributed by atoms with Gasteiger partial charge in [0.1, 0.15) is 11.6 Å². The second-order valence-corrected chi connectivity index (χ2v) is 6.80. The van der Waals surface area contributed by atoms with Crippen LogP contribution in [-0.2, 0) is 0 Å². The lowest BCUT2D eigenvalue weighted by atomic mass is 10.1. The summed E-state index contributed by atoms with van der Waals surface area (Å²) >= 11 is 12.2. The second kappa shape index (κ2) is 5.19. The van der Waals surface area contributed by atoms with Crippen LogP contribution >= 0.6 is 23.2 Å². The number of rotatable bonds is 4. The van der Waals surface area contributed by atoms with Gasteiger partial charge >= 0.3 is 0 Å². The van der Waals surface area contributed by atoms with Gasteiger partial charge in [-0.25, -0.2) is 9.37 Å². The number of alkyl halides is 1. The highest BCUT2D eigenvalue weighted by Crippen LogP contribution is 2.39. The van der Waals surface area contributed by atoms with Gasteiger partial charge in [0, 0.05) is 12.1 Å². The summed E-state index contributed by atoms with van der Waals surface area (Å²) in [7, 11) is 0. The van der Waals surface area contributed by atoms with Crippen molar-refractivity contribution in [3.8, 4) is 0 Å². The molecule has 0 saturated heterocycles. The number of hydrogen-bond donors (Lipinski definition) is 0. The summed E-state index contributed by atoms with van der Waals surface area (Å²) < 4.78 is 15.7. The molecule has 1 saturated carbocycles. The molecule has 2 nitrogen and oxygen atoms in total.